The predicted octanol–water partition coefficient (Wildman–Crippen LogP) is 0.804. The quantitative estimate of drug-likeness (QED) is 0.695. The van der Waals surface area contributed by atoms with E-state index >= 15 is 0 Å². The fourth-order valence-corrected chi connectivity index (χ4v) is 1.46. The average Bonchev–Trinajstić information content (AvgIpc) is 2.83. The minimum Gasteiger partial charge on any atom is -0.343 e. The molecule has 2 aromatic rings. The van der Waals surface area contributed by atoms with Crippen LogP contribution < -0.4 is 10.6 Å². The number of carbonyl (C=O) groups excluding carboxylic acids is 2. The van der Waals surface area contributed by atoms with E-state index in [-0.39, 0.29) is 18.4 Å². The summed E-state index contributed by atoms with van der Waals surface area (Å²) < 4.78 is 0. The van der Waals surface area contributed by atoms with Crippen LogP contribution in [0.1, 0.15) is 0 Å². The number of hydrogen-bond acceptors (Lipinski definition) is 3. The first-order valence-corrected chi connectivity index (χ1v) is 5.32. The molecule has 92 valence electrons. The Balaban J connectivity index is 1.97. The second-order valence-electron chi connectivity index (χ2n) is 3.64. The zero-order chi connectivity index (χ0) is 13.0. The Bertz CT molecular complexity index is 603. The number of anilines is 1. The van der Waals surface area contributed by atoms with Crippen LogP contribution in [-0.4, -0.2) is 28.6 Å². The summed E-state index contributed by atoms with van der Waals surface area (Å²) in [6, 6.07) is 5.39. The van der Waals surface area contributed by atoms with Crippen molar-refractivity contribution in [1.29, 1.82) is 0 Å². The third-order valence-corrected chi connectivity index (χ3v) is 2.33. The number of aromatic amines is 1. The van der Waals surface area contributed by atoms with E-state index in [2.05, 4.69) is 27.4 Å². The van der Waals surface area contributed by atoms with Gasteiger partial charge in [-0.25, -0.2) is 0 Å². The Hall–Kier alpha value is -2.63. The van der Waals surface area contributed by atoms with Crippen LogP contribution >= 0.6 is 0 Å². The predicted molar refractivity (Wildman–Crippen MR) is 67.9 cm³/mol. The lowest BCUT2D eigenvalue weighted by Gasteiger charge is -2.05. The molecule has 0 saturated carbocycles. The molecule has 1 aromatic carbocycles. The topological polar surface area (TPSA) is 86.9 Å². The van der Waals surface area contributed by atoms with Crippen molar-refractivity contribution in [3.8, 4) is 0 Å². The van der Waals surface area contributed by atoms with E-state index in [1.807, 2.05) is 6.07 Å². The molecule has 0 saturated heterocycles. The zero-order valence-electron chi connectivity index (χ0n) is 9.56. The number of hydrogen-bond donors (Lipinski definition) is 3. The largest absolute Gasteiger partial charge is 0.343 e. The Morgan fingerprint density at radius 2 is 2.28 bits per heavy atom. The summed E-state index contributed by atoms with van der Waals surface area (Å²) >= 11 is 0. The number of nitrogens with zero attached hydrogens (tertiary/aromatic N) is 1. The average molecular weight is 244 g/mol. The van der Waals surface area contributed by atoms with E-state index in [9.17, 15) is 9.59 Å². The summed E-state index contributed by atoms with van der Waals surface area (Å²) in [5, 5.41) is 12.7. The number of carbonyl (C=O) groups is 2. The molecule has 0 atom stereocenters. The van der Waals surface area contributed by atoms with Gasteiger partial charge in [-0.1, -0.05) is 6.58 Å². The lowest BCUT2D eigenvalue weighted by atomic mass is 10.2. The highest BCUT2D eigenvalue weighted by atomic mass is 16.2. The molecule has 0 unspecified atom stereocenters. The van der Waals surface area contributed by atoms with Crippen LogP contribution in [0.2, 0.25) is 0 Å². The molecule has 18 heavy (non-hydrogen) atoms. The van der Waals surface area contributed by atoms with Crippen LogP contribution in [0.15, 0.2) is 37.1 Å². The Kier molecular flexibility index (Phi) is 3.38. The molecule has 3 N–H and O–H groups in total. The molecule has 6 nitrogen and oxygen atoms in total. The molecule has 0 bridgehead atoms. The fourth-order valence-electron chi connectivity index (χ4n) is 1.46. The van der Waals surface area contributed by atoms with Crippen molar-refractivity contribution >= 4 is 28.4 Å². The highest BCUT2D eigenvalue weighted by molar-refractivity contribution is 5.97. The highest BCUT2D eigenvalue weighted by Crippen LogP contribution is 2.16. The minimum absolute atomic E-state index is 0.0914. The van der Waals surface area contributed by atoms with E-state index in [1.165, 1.54) is 0 Å². The molecule has 2 amide bonds. The Morgan fingerprint density at radius 1 is 1.44 bits per heavy atom. The zero-order valence-corrected chi connectivity index (χ0v) is 9.56. The Morgan fingerprint density at radius 3 is 3.06 bits per heavy atom. The molecule has 0 spiro atoms. The summed E-state index contributed by atoms with van der Waals surface area (Å²) in [7, 11) is 0. The van der Waals surface area contributed by atoms with Crippen molar-refractivity contribution in [3.63, 3.8) is 0 Å². The van der Waals surface area contributed by atoms with Crippen molar-refractivity contribution in [2.24, 2.45) is 0 Å². The molecule has 0 radical (unpaired) electrons. The number of amides is 2. The summed E-state index contributed by atoms with van der Waals surface area (Å²) in [6.45, 7) is 3.20. The third kappa shape index (κ3) is 2.73. The van der Waals surface area contributed by atoms with Gasteiger partial charge in [0.1, 0.15) is 0 Å². The van der Waals surface area contributed by atoms with Crippen molar-refractivity contribution in [1.82, 2.24) is 15.5 Å². The van der Waals surface area contributed by atoms with Crippen LogP contribution in [0.5, 0.6) is 0 Å². The molecule has 1 aromatic heterocycles. The molecule has 0 aliphatic carbocycles. The SMILES string of the molecule is C=CC(=O)NCC(=O)Nc1ccc2cn[nH]c2c1. The number of fused-ring (bicyclic) bond motifs is 1. The van der Waals surface area contributed by atoms with Gasteiger partial charge in [-0.15, -0.1) is 0 Å². The van der Waals surface area contributed by atoms with Gasteiger partial charge in [0.25, 0.3) is 0 Å². The minimum atomic E-state index is -0.380. The van der Waals surface area contributed by atoms with E-state index in [1.54, 1.807) is 18.3 Å². The molecule has 1 heterocycles. The monoisotopic (exact) mass is 244 g/mol. The van der Waals surface area contributed by atoms with Gasteiger partial charge in [-0.05, 0) is 24.3 Å². The lowest BCUT2D eigenvalue weighted by Crippen LogP contribution is -2.31. The maximum absolute atomic E-state index is 11.5. The second-order valence-corrected chi connectivity index (χ2v) is 3.64. The highest BCUT2D eigenvalue weighted by Gasteiger charge is 2.04. The lowest BCUT2D eigenvalue weighted by molar-refractivity contribution is -0.121. The van der Waals surface area contributed by atoms with Gasteiger partial charge >= 0.3 is 0 Å². The number of aromatic nitrogens is 2. The smallest absolute Gasteiger partial charge is 0.243 e. The molecular weight excluding hydrogens is 232 g/mol. The second kappa shape index (κ2) is 5.13. The number of benzene rings is 1. The number of H-pyrrole nitrogens is 1. The van der Waals surface area contributed by atoms with Crippen LogP contribution in [0.25, 0.3) is 10.9 Å². The number of nitrogens with one attached hydrogen (secondary N) is 3. The summed E-state index contributed by atoms with van der Waals surface area (Å²) in [5.74, 6) is -0.682. The molecule has 2 rings (SSSR count). The molecular formula is C12H12N4O2. The van der Waals surface area contributed by atoms with E-state index in [4.69, 9.17) is 0 Å². The van der Waals surface area contributed by atoms with Crippen molar-refractivity contribution < 1.29 is 9.59 Å². The maximum atomic E-state index is 11.5. The molecule has 0 fully saturated rings. The first kappa shape index (κ1) is 11.8. The first-order chi connectivity index (χ1) is 8.69. The molecule has 0 aliphatic heterocycles. The third-order valence-electron chi connectivity index (χ3n) is 2.33. The molecule has 0 aliphatic rings. The number of rotatable bonds is 4. The van der Waals surface area contributed by atoms with Gasteiger partial charge in [0.05, 0.1) is 18.3 Å². The van der Waals surface area contributed by atoms with Gasteiger partial charge in [0, 0.05) is 11.1 Å². The van der Waals surface area contributed by atoms with Crippen LogP contribution in [-0.2, 0) is 9.59 Å². The normalized spacial score (nSPS) is 10.0. The Labute approximate surface area is 103 Å². The van der Waals surface area contributed by atoms with Crippen molar-refractivity contribution in [2.75, 3.05) is 11.9 Å². The van der Waals surface area contributed by atoms with Gasteiger partial charge in [0.15, 0.2) is 0 Å². The van der Waals surface area contributed by atoms with Gasteiger partial charge in [-0.2, -0.15) is 5.10 Å². The maximum Gasteiger partial charge on any atom is 0.243 e. The summed E-state index contributed by atoms with van der Waals surface area (Å²) in [5.41, 5.74) is 1.48. The van der Waals surface area contributed by atoms with Crippen molar-refractivity contribution in [3.05, 3.63) is 37.1 Å². The first-order valence-electron chi connectivity index (χ1n) is 5.32. The van der Waals surface area contributed by atoms with E-state index in [0.717, 1.165) is 17.0 Å². The van der Waals surface area contributed by atoms with Crippen LogP contribution in [0.3, 0.4) is 0 Å². The van der Waals surface area contributed by atoms with E-state index < -0.39 is 0 Å². The van der Waals surface area contributed by atoms with Gasteiger partial charge < -0.3 is 10.6 Å². The summed E-state index contributed by atoms with van der Waals surface area (Å²) in [4.78, 5) is 22.4. The van der Waals surface area contributed by atoms with E-state index in [0.29, 0.717) is 5.69 Å². The fraction of sp³-hybridized carbons (Fsp3) is 0.0833. The van der Waals surface area contributed by atoms with Gasteiger partial charge in [0.2, 0.25) is 11.8 Å². The standard InChI is InChI=1S/C12H12N4O2/c1-2-11(17)13-7-12(18)15-9-4-3-8-6-14-16-10(8)5-9/h2-6H,1,7H2,(H,13,17)(H,14,16)(H,15,18). The van der Waals surface area contributed by atoms with Gasteiger partial charge in [-0.3, -0.25) is 14.7 Å². The summed E-state index contributed by atoms with van der Waals surface area (Å²) in [6.07, 6.45) is 2.81. The molecule has 6 heteroatoms. The van der Waals surface area contributed by atoms with Crippen LogP contribution in [0.4, 0.5) is 5.69 Å². The van der Waals surface area contributed by atoms with Crippen LogP contribution in [0, 0.1) is 0 Å². The van der Waals surface area contributed by atoms with Crippen molar-refractivity contribution in [2.45, 2.75) is 0 Å².